The second kappa shape index (κ2) is 6.46. The topological polar surface area (TPSA) is 65.1 Å². The number of hydrogen-bond donors (Lipinski definition) is 2. The van der Waals surface area contributed by atoms with E-state index in [1.807, 2.05) is 10.9 Å². The van der Waals surface area contributed by atoms with E-state index in [-0.39, 0.29) is 11.6 Å². The largest absolute Gasteiger partial charge is 0.373 e. The van der Waals surface area contributed by atoms with Gasteiger partial charge in [0.2, 0.25) is 0 Å². The molecule has 0 spiro atoms. The summed E-state index contributed by atoms with van der Waals surface area (Å²) in [5, 5.41) is 4.38. The molecule has 1 fully saturated rings. The number of hydrogen-bond acceptors (Lipinski definition) is 4. The Morgan fingerprint density at radius 3 is 2.52 bits per heavy atom. The molecule has 1 atom stereocenters. The number of aromatic nitrogens is 2. The molecular weight excluding hydrogens is 264 g/mol. The van der Waals surface area contributed by atoms with Crippen LogP contribution in [0.1, 0.15) is 65.1 Å². The van der Waals surface area contributed by atoms with E-state index in [2.05, 4.69) is 44.3 Å². The van der Waals surface area contributed by atoms with Gasteiger partial charge in [-0.1, -0.05) is 13.8 Å². The Morgan fingerprint density at radius 2 is 2.00 bits per heavy atom. The molecule has 0 bridgehead atoms. The number of nitrogens with one attached hydrogen (secondary N) is 1. The highest BCUT2D eigenvalue weighted by atomic mass is 16.5. The van der Waals surface area contributed by atoms with Gasteiger partial charge in [-0.05, 0) is 51.0 Å². The SMILES string of the molecule is CCOC1(C(NN)c2ccnn2CC)CCC(C)(C)CC1. The van der Waals surface area contributed by atoms with E-state index in [0.717, 1.165) is 37.9 Å². The molecule has 1 aromatic rings. The molecule has 3 N–H and O–H groups in total. The lowest BCUT2D eigenvalue weighted by Crippen LogP contribution is -2.52. The zero-order valence-corrected chi connectivity index (χ0v) is 13.9. The number of ether oxygens (including phenoxy) is 1. The smallest absolute Gasteiger partial charge is 0.0918 e. The average Bonchev–Trinajstić information content (AvgIpc) is 2.91. The predicted octanol–water partition coefficient (Wildman–Crippen LogP) is 2.78. The molecule has 0 saturated heterocycles. The lowest BCUT2D eigenvalue weighted by Gasteiger charge is -2.47. The zero-order chi connectivity index (χ0) is 15.5. The van der Waals surface area contributed by atoms with Crippen LogP contribution in [0.3, 0.4) is 0 Å². The van der Waals surface area contributed by atoms with Gasteiger partial charge in [0, 0.05) is 19.3 Å². The molecule has 21 heavy (non-hydrogen) atoms. The third-order valence-electron chi connectivity index (χ3n) is 4.92. The summed E-state index contributed by atoms with van der Waals surface area (Å²) >= 11 is 0. The molecule has 0 aliphatic heterocycles. The molecule has 5 nitrogen and oxygen atoms in total. The fraction of sp³-hybridized carbons (Fsp3) is 0.812. The van der Waals surface area contributed by atoms with Crippen molar-refractivity contribution >= 4 is 0 Å². The Bertz CT molecular complexity index is 445. The Balaban J connectivity index is 2.31. The van der Waals surface area contributed by atoms with E-state index in [0.29, 0.717) is 12.0 Å². The van der Waals surface area contributed by atoms with Crippen LogP contribution < -0.4 is 11.3 Å². The third-order valence-corrected chi connectivity index (χ3v) is 4.92. The van der Waals surface area contributed by atoms with Crippen LogP contribution in [0, 0.1) is 5.41 Å². The Hall–Kier alpha value is -0.910. The lowest BCUT2D eigenvalue weighted by atomic mass is 9.68. The van der Waals surface area contributed by atoms with Gasteiger partial charge in [0.05, 0.1) is 17.3 Å². The van der Waals surface area contributed by atoms with Gasteiger partial charge in [0.15, 0.2) is 0 Å². The molecule has 1 saturated carbocycles. The van der Waals surface area contributed by atoms with Crippen molar-refractivity contribution in [3.8, 4) is 0 Å². The van der Waals surface area contributed by atoms with Crippen molar-refractivity contribution in [3.05, 3.63) is 18.0 Å². The second-order valence-electron chi connectivity index (χ2n) is 6.83. The van der Waals surface area contributed by atoms with Crippen LogP contribution in [0.25, 0.3) is 0 Å². The van der Waals surface area contributed by atoms with E-state index < -0.39 is 0 Å². The molecule has 120 valence electrons. The fourth-order valence-electron chi connectivity index (χ4n) is 3.51. The molecule has 1 aliphatic rings. The molecule has 1 unspecified atom stereocenters. The minimum absolute atomic E-state index is 0.0176. The number of nitrogens with two attached hydrogens (primary N) is 1. The van der Waals surface area contributed by atoms with Crippen LogP contribution in [-0.2, 0) is 11.3 Å². The van der Waals surface area contributed by atoms with Crippen molar-refractivity contribution in [2.75, 3.05) is 6.61 Å². The zero-order valence-electron chi connectivity index (χ0n) is 13.9. The van der Waals surface area contributed by atoms with Crippen LogP contribution in [-0.4, -0.2) is 22.0 Å². The Kier molecular flexibility index (Phi) is 5.07. The van der Waals surface area contributed by atoms with Crippen LogP contribution in [0.4, 0.5) is 0 Å². The molecule has 2 rings (SSSR count). The number of hydrazine groups is 1. The Labute approximate surface area is 128 Å². The molecule has 1 heterocycles. The lowest BCUT2D eigenvalue weighted by molar-refractivity contribution is -0.109. The monoisotopic (exact) mass is 294 g/mol. The standard InChI is InChI=1S/C16H30N4O/c1-5-20-13(7-12-18-20)14(19-17)16(21-6-2)10-8-15(3,4)9-11-16/h7,12,14,19H,5-6,8-11,17H2,1-4H3. The third kappa shape index (κ3) is 3.30. The summed E-state index contributed by atoms with van der Waals surface area (Å²) in [6.07, 6.45) is 6.21. The fourth-order valence-corrected chi connectivity index (χ4v) is 3.51. The highest BCUT2D eigenvalue weighted by Crippen LogP contribution is 2.47. The van der Waals surface area contributed by atoms with Crippen LogP contribution in [0.15, 0.2) is 12.3 Å². The first kappa shape index (κ1) is 16.5. The van der Waals surface area contributed by atoms with E-state index in [1.165, 1.54) is 0 Å². The number of rotatable bonds is 6. The van der Waals surface area contributed by atoms with Crippen LogP contribution in [0.2, 0.25) is 0 Å². The van der Waals surface area contributed by atoms with Crippen molar-refractivity contribution in [3.63, 3.8) is 0 Å². The maximum absolute atomic E-state index is 6.26. The van der Waals surface area contributed by atoms with Crippen molar-refractivity contribution < 1.29 is 4.74 Å². The predicted molar refractivity (Wildman–Crippen MR) is 84.6 cm³/mol. The summed E-state index contributed by atoms with van der Waals surface area (Å²) in [6, 6.07) is 2.03. The van der Waals surface area contributed by atoms with Crippen LogP contribution in [0.5, 0.6) is 0 Å². The van der Waals surface area contributed by atoms with Crippen molar-refractivity contribution in [2.24, 2.45) is 11.3 Å². The summed E-state index contributed by atoms with van der Waals surface area (Å²) in [4.78, 5) is 0. The maximum Gasteiger partial charge on any atom is 0.0918 e. The highest BCUT2D eigenvalue weighted by Gasteiger charge is 2.46. The summed E-state index contributed by atoms with van der Waals surface area (Å²) in [6.45, 7) is 10.4. The summed E-state index contributed by atoms with van der Waals surface area (Å²) < 4.78 is 8.26. The van der Waals surface area contributed by atoms with E-state index in [4.69, 9.17) is 10.6 Å². The van der Waals surface area contributed by atoms with Gasteiger partial charge in [-0.2, -0.15) is 5.10 Å². The molecular formula is C16H30N4O. The normalized spacial score (nSPS) is 22.1. The van der Waals surface area contributed by atoms with Gasteiger partial charge in [0.25, 0.3) is 0 Å². The molecule has 0 aromatic carbocycles. The quantitative estimate of drug-likeness (QED) is 0.625. The van der Waals surface area contributed by atoms with Crippen molar-refractivity contribution in [1.82, 2.24) is 15.2 Å². The maximum atomic E-state index is 6.26. The summed E-state index contributed by atoms with van der Waals surface area (Å²) in [5.74, 6) is 5.93. The second-order valence-corrected chi connectivity index (χ2v) is 6.83. The van der Waals surface area contributed by atoms with Crippen molar-refractivity contribution in [1.29, 1.82) is 0 Å². The highest BCUT2D eigenvalue weighted by molar-refractivity contribution is 5.14. The van der Waals surface area contributed by atoms with Gasteiger partial charge in [-0.15, -0.1) is 0 Å². The first-order valence-corrected chi connectivity index (χ1v) is 8.10. The molecule has 1 aliphatic carbocycles. The molecule has 5 heteroatoms. The Morgan fingerprint density at radius 1 is 1.33 bits per heavy atom. The number of nitrogens with zero attached hydrogens (tertiary/aromatic N) is 2. The van der Waals surface area contributed by atoms with E-state index >= 15 is 0 Å². The summed E-state index contributed by atoms with van der Waals surface area (Å²) in [5.41, 5.74) is 4.30. The van der Waals surface area contributed by atoms with Gasteiger partial charge in [-0.3, -0.25) is 10.5 Å². The van der Waals surface area contributed by atoms with Crippen LogP contribution >= 0.6 is 0 Å². The van der Waals surface area contributed by atoms with Gasteiger partial charge < -0.3 is 4.74 Å². The van der Waals surface area contributed by atoms with E-state index in [1.54, 1.807) is 0 Å². The van der Waals surface area contributed by atoms with Gasteiger partial charge in [-0.25, -0.2) is 5.43 Å². The average molecular weight is 294 g/mol. The first-order valence-electron chi connectivity index (χ1n) is 8.10. The minimum atomic E-state index is -0.230. The molecule has 0 radical (unpaired) electrons. The first-order chi connectivity index (χ1) is 9.98. The van der Waals surface area contributed by atoms with Gasteiger partial charge in [0.1, 0.15) is 0 Å². The van der Waals surface area contributed by atoms with E-state index in [9.17, 15) is 0 Å². The van der Waals surface area contributed by atoms with Crippen molar-refractivity contribution in [2.45, 2.75) is 71.6 Å². The number of aryl methyl sites for hydroxylation is 1. The minimum Gasteiger partial charge on any atom is -0.373 e. The molecule has 0 amide bonds. The molecule has 1 aromatic heterocycles. The van der Waals surface area contributed by atoms with Gasteiger partial charge >= 0.3 is 0 Å². The summed E-state index contributed by atoms with van der Waals surface area (Å²) in [7, 11) is 0.